The Morgan fingerprint density at radius 2 is 2.03 bits per heavy atom. The van der Waals surface area contributed by atoms with Gasteiger partial charge in [-0.05, 0) is 24.1 Å². The second kappa shape index (κ2) is 9.09. The number of nitrogens with zero attached hydrogens (tertiary/aromatic N) is 3. The predicted molar refractivity (Wildman–Crippen MR) is 111 cm³/mol. The van der Waals surface area contributed by atoms with Gasteiger partial charge in [0, 0.05) is 44.0 Å². The van der Waals surface area contributed by atoms with Crippen molar-refractivity contribution in [1.29, 1.82) is 0 Å². The van der Waals surface area contributed by atoms with Gasteiger partial charge in [-0.25, -0.2) is 4.39 Å². The van der Waals surface area contributed by atoms with Crippen LogP contribution < -0.4 is 10.1 Å². The maximum Gasteiger partial charge on any atom is 0.234 e. The van der Waals surface area contributed by atoms with Gasteiger partial charge in [-0.2, -0.15) is 5.10 Å². The lowest BCUT2D eigenvalue weighted by Crippen LogP contribution is -2.39. The minimum absolute atomic E-state index is 0.0643. The smallest absolute Gasteiger partial charge is 0.234 e. The van der Waals surface area contributed by atoms with Crippen molar-refractivity contribution in [2.24, 2.45) is 7.05 Å². The highest BCUT2D eigenvalue weighted by Gasteiger charge is 2.27. The Kier molecular flexibility index (Phi) is 6.09. The lowest BCUT2D eigenvalue weighted by atomic mass is 10.1. The van der Waals surface area contributed by atoms with Crippen molar-refractivity contribution >= 4 is 5.91 Å². The number of aromatic nitrogens is 2. The number of para-hydroxylation sites is 1. The average molecular weight is 408 g/mol. The molecule has 0 fully saturated rings. The van der Waals surface area contributed by atoms with Gasteiger partial charge in [0.05, 0.1) is 12.7 Å². The predicted octanol–water partition coefficient (Wildman–Crippen LogP) is 2.85. The van der Waals surface area contributed by atoms with Gasteiger partial charge in [0.15, 0.2) is 0 Å². The van der Waals surface area contributed by atoms with Crippen LogP contribution in [0.25, 0.3) is 0 Å². The summed E-state index contributed by atoms with van der Waals surface area (Å²) < 4.78 is 22.3. The summed E-state index contributed by atoms with van der Waals surface area (Å²) in [5.74, 6) is 0.360. The molecule has 6 nitrogen and oxygen atoms in total. The van der Waals surface area contributed by atoms with E-state index in [0.29, 0.717) is 25.2 Å². The summed E-state index contributed by atoms with van der Waals surface area (Å²) in [6, 6.07) is 14.3. The van der Waals surface area contributed by atoms with Crippen molar-refractivity contribution < 1.29 is 13.9 Å². The number of benzene rings is 2. The standard InChI is InChI=1S/C23H25FN4O2/c1-27-13-17(12-26-27)10-11-25-23(29)16-28-14-18-6-2-5-9-21(18)30-22(15-28)19-7-3-4-8-20(19)24/h2-9,12-13,22H,10-11,14-16H2,1H3,(H,25,29). The van der Waals surface area contributed by atoms with Crippen LogP contribution in [-0.4, -0.2) is 40.2 Å². The van der Waals surface area contributed by atoms with E-state index >= 15 is 0 Å². The number of fused-ring (bicyclic) bond motifs is 1. The van der Waals surface area contributed by atoms with E-state index in [-0.39, 0.29) is 18.3 Å². The van der Waals surface area contributed by atoms with Crippen molar-refractivity contribution in [2.45, 2.75) is 19.1 Å². The number of aryl methyl sites for hydroxylation is 1. The number of carbonyl (C=O) groups is 1. The van der Waals surface area contributed by atoms with Gasteiger partial charge in [-0.1, -0.05) is 36.4 Å². The zero-order valence-corrected chi connectivity index (χ0v) is 16.9. The molecular weight excluding hydrogens is 383 g/mol. The van der Waals surface area contributed by atoms with E-state index in [0.717, 1.165) is 23.3 Å². The van der Waals surface area contributed by atoms with Gasteiger partial charge < -0.3 is 10.1 Å². The van der Waals surface area contributed by atoms with Crippen molar-refractivity contribution in [3.05, 3.63) is 83.4 Å². The van der Waals surface area contributed by atoms with Crippen LogP contribution in [0.2, 0.25) is 0 Å². The van der Waals surface area contributed by atoms with Crippen LogP contribution in [0.5, 0.6) is 5.75 Å². The number of halogens is 1. The van der Waals surface area contributed by atoms with Crippen LogP contribution in [-0.2, 0) is 24.8 Å². The molecule has 1 aliphatic rings. The van der Waals surface area contributed by atoms with Gasteiger partial charge in [0.2, 0.25) is 5.91 Å². The highest BCUT2D eigenvalue weighted by Crippen LogP contribution is 2.31. The maximum absolute atomic E-state index is 14.4. The Morgan fingerprint density at radius 1 is 1.23 bits per heavy atom. The van der Waals surface area contributed by atoms with E-state index in [1.807, 2.05) is 42.4 Å². The normalized spacial score (nSPS) is 16.4. The van der Waals surface area contributed by atoms with E-state index in [1.165, 1.54) is 6.07 Å². The Morgan fingerprint density at radius 3 is 2.83 bits per heavy atom. The highest BCUT2D eigenvalue weighted by molar-refractivity contribution is 5.78. The summed E-state index contributed by atoms with van der Waals surface area (Å²) in [5.41, 5.74) is 2.56. The summed E-state index contributed by atoms with van der Waals surface area (Å²) in [6.07, 6.45) is 3.98. The Bertz CT molecular complexity index is 1020. The van der Waals surface area contributed by atoms with Gasteiger partial charge in [-0.3, -0.25) is 14.4 Å². The van der Waals surface area contributed by atoms with E-state index in [2.05, 4.69) is 10.4 Å². The Balaban J connectivity index is 1.43. The minimum Gasteiger partial charge on any atom is -0.484 e. The van der Waals surface area contributed by atoms with E-state index in [4.69, 9.17) is 4.74 Å². The fraction of sp³-hybridized carbons (Fsp3) is 0.304. The first-order chi connectivity index (χ1) is 14.6. The molecule has 1 aliphatic heterocycles. The quantitative estimate of drug-likeness (QED) is 0.682. The lowest BCUT2D eigenvalue weighted by molar-refractivity contribution is -0.122. The SMILES string of the molecule is Cn1cc(CCNC(=O)CN2Cc3ccccc3OC(c3ccccc3F)C2)cn1. The first-order valence-electron chi connectivity index (χ1n) is 10.0. The number of amides is 1. The van der Waals surface area contributed by atoms with Gasteiger partial charge in [0.25, 0.3) is 0 Å². The second-order valence-electron chi connectivity index (χ2n) is 7.53. The summed E-state index contributed by atoms with van der Waals surface area (Å²) >= 11 is 0. The van der Waals surface area contributed by atoms with Gasteiger partial charge in [-0.15, -0.1) is 0 Å². The third-order valence-corrected chi connectivity index (χ3v) is 5.17. The Labute approximate surface area is 175 Å². The fourth-order valence-corrected chi connectivity index (χ4v) is 3.70. The van der Waals surface area contributed by atoms with Crippen LogP contribution >= 0.6 is 0 Å². The van der Waals surface area contributed by atoms with Crippen LogP contribution in [0.3, 0.4) is 0 Å². The highest BCUT2D eigenvalue weighted by atomic mass is 19.1. The molecule has 0 saturated carbocycles. The molecule has 30 heavy (non-hydrogen) atoms. The monoisotopic (exact) mass is 408 g/mol. The first-order valence-corrected chi connectivity index (χ1v) is 10.0. The third kappa shape index (κ3) is 4.86. The zero-order chi connectivity index (χ0) is 20.9. The number of nitrogens with one attached hydrogen (secondary N) is 1. The van der Waals surface area contributed by atoms with Gasteiger partial charge >= 0.3 is 0 Å². The first kappa shape index (κ1) is 20.1. The van der Waals surface area contributed by atoms with Crippen molar-refractivity contribution in [3.63, 3.8) is 0 Å². The van der Waals surface area contributed by atoms with Crippen molar-refractivity contribution in [1.82, 2.24) is 20.0 Å². The van der Waals surface area contributed by atoms with E-state index in [1.54, 1.807) is 29.1 Å². The second-order valence-corrected chi connectivity index (χ2v) is 7.53. The fourth-order valence-electron chi connectivity index (χ4n) is 3.70. The molecule has 0 saturated heterocycles. The molecule has 1 amide bonds. The van der Waals surface area contributed by atoms with Gasteiger partial charge in [0.1, 0.15) is 17.7 Å². The summed E-state index contributed by atoms with van der Waals surface area (Å²) in [7, 11) is 1.87. The molecule has 2 heterocycles. The molecule has 7 heteroatoms. The third-order valence-electron chi connectivity index (χ3n) is 5.17. The zero-order valence-electron chi connectivity index (χ0n) is 16.9. The molecule has 1 N–H and O–H groups in total. The summed E-state index contributed by atoms with van der Waals surface area (Å²) in [4.78, 5) is 14.6. The molecule has 156 valence electrons. The van der Waals surface area contributed by atoms with Crippen LogP contribution in [0.15, 0.2) is 60.9 Å². The molecule has 1 aromatic heterocycles. The molecule has 0 spiro atoms. The minimum atomic E-state index is -0.488. The molecule has 1 unspecified atom stereocenters. The summed E-state index contributed by atoms with van der Waals surface area (Å²) in [6.45, 7) is 1.75. The lowest BCUT2D eigenvalue weighted by Gasteiger charge is -2.24. The van der Waals surface area contributed by atoms with E-state index in [9.17, 15) is 9.18 Å². The number of hydrogen-bond donors (Lipinski definition) is 1. The molecule has 4 rings (SSSR count). The molecule has 1 atom stereocenters. The van der Waals surface area contributed by atoms with Crippen LogP contribution in [0.4, 0.5) is 4.39 Å². The molecule has 0 radical (unpaired) electrons. The molecule has 3 aromatic rings. The molecular formula is C23H25FN4O2. The number of carbonyl (C=O) groups excluding carboxylic acids is 1. The van der Waals surface area contributed by atoms with E-state index < -0.39 is 6.10 Å². The summed E-state index contributed by atoms with van der Waals surface area (Å²) in [5, 5.41) is 7.10. The number of rotatable bonds is 6. The topological polar surface area (TPSA) is 59.4 Å². The Hall–Kier alpha value is -3.19. The number of hydrogen-bond acceptors (Lipinski definition) is 4. The largest absolute Gasteiger partial charge is 0.484 e. The average Bonchev–Trinajstić information content (AvgIpc) is 3.05. The molecule has 0 bridgehead atoms. The van der Waals surface area contributed by atoms with Crippen molar-refractivity contribution in [3.8, 4) is 5.75 Å². The maximum atomic E-state index is 14.4. The van der Waals surface area contributed by atoms with Crippen LogP contribution in [0.1, 0.15) is 22.8 Å². The molecule has 0 aliphatic carbocycles. The number of ether oxygens (including phenoxy) is 1. The van der Waals surface area contributed by atoms with Crippen LogP contribution in [0, 0.1) is 5.82 Å². The molecule has 2 aromatic carbocycles. The van der Waals surface area contributed by atoms with Crippen molar-refractivity contribution in [2.75, 3.05) is 19.6 Å².